The molecule has 1 atom stereocenters. The van der Waals surface area contributed by atoms with Crippen LogP contribution in [0.5, 0.6) is 0 Å². The molecule has 0 N–H and O–H groups in total. The van der Waals surface area contributed by atoms with Gasteiger partial charge < -0.3 is 0 Å². The van der Waals surface area contributed by atoms with Crippen molar-refractivity contribution in [2.45, 2.75) is 38.0 Å². The minimum Gasteiger partial charge on any atom is -0.147 e. The van der Waals surface area contributed by atoms with Gasteiger partial charge in [-0.15, -0.1) is 22.9 Å². The summed E-state index contributed by atoms with van der Waals surface area (Å²) in [5.41, 5.74) is 2.79. The van der Waals surface area contributed by atoms with Gasteiger partial charge in [0.15, 0.2) is 0 Å². The lowest BCUT2D eigenvalue weighted by molar-refractivity contribution is 0.506. The van der Waals surface area contributed by atoms with E-state index in [4.69, 9.17) is 11.6 Å². The molecule has 0 nitrogen and oxygen atoms in total. The average molecular weight is 279 g/mol. The maximum atomic E-state index is 6.48. The summed E-state index contributed by atoms with van der Waals surface area (Å²) in [5, 5.41) is 2.04. The molecular weight excluding hydrogens is 260 g/mol. The zero-order chi connectivity index (χ0) is 13.2. The Hall–Kier alpha value is -0.790. The van der Waals surface area contributed by atoms with Crippen LogP contribution < -0.4 is 0 Å². The van der Waals surface area contributed by atoms with Gasteiger partial charge in [0.05, 0.1) is 5.38 Å². The van der Waals surface area contributed by atoms with E-state index in [9.17, 15) is 0 Å². The number of benzene rings is 1. The lowest BCUT2D eigenvalue weighted by atomic mass is 9.82. The number of hydrogen-bond donors (Lipinski definition) is 0. The molecule has 0 bridgehead atoms. The summed E-state index contributed by atoms with van der Waals surface area (Å²) in [5.74, 6) is 0. The van der Waals surface area contributed by atoms with Gasteiger partial charge in [0.2, 0.25) is 0 Å². The van der Waals surface area contributed by atoms with Crippen molar-refractivity contribution in [2.24, 2.45) is 0 Å². The second kappa shape index (κ2) is 5.46. The fourth-order valence-electron chi connectivity index (χ4n) is 1.91. The Labute approximate surface area is 119 Å². The molecule has 18 heavy (non-hydrogen) atoms. The minimum atomic E-state index is -0.0243. The van der Waals surface area contributed by atoms with Crippen LogP contribution in [0.15, 0.2) is 41.8 Å². The number of hydrogen-bond acceptors (Lipinski definition) is 1. The Kier molecular flexibility index (Phi) is 4.14. The van der Waals surface area contributed by atoms with E-state index in [1.165, 1.54) is 16.0 Å². The third-order valence-corrected chi connectivity index (χ3v) is 5.22. The Morgan fingerprint density at radius 2 is 1.83 bits per heavy atom. The lowest BCUT2D eigenvalue weighted by Gasteiger charge is -2.23. The van der Waals surface area contributed by atoms with Gasteiger partial charge in [-0.05, 0) is 34.4 Å². The number of alkyl halides is 1. The fraction of sp³-hybridized carbons (Fsp3) is 0.375. The van der Waals surface area contributed by atoms with Crippen molar-refractivity contribution < 1.29 is 0 Å². The molecule has 0 fully saturated rings. The zero-order valence-corrected chi connectivity index (χ0v) is 12.7. The summed E-state index contributed by atoms with van der Waals surface area (Å²) in [4.78, 5) is 1.21. The standard InChI is InChI=1S/C16H19ClS/c1-4-16(2,3)13-9-7-12(8-10-13)15(17)14-6-5-11-18-14/h5-11,15H,4H2,1-3H3. The molecule has 1 aromatic carbocycles. The molecule has 0 amide bonds. The van der Waals surface area contributed by atoms with Gasteiger partial charge in [-0.25, -0.2) is 0 Å². The van der Waals surface area contributed by atoms with E-state index in [-0.39, 0.29) is 10.8 Å². The van der Waals surface area contributed by atoms with Crippen molar-refractivity contribution in [1.82, 2.24) is 0 Å². The van der Waals surface area contributed by atoms with E-state index in [1.807, 2.05) is 6.07 Å². The Morgan fingerprint density at radius 3 is 2.33 bits per heavy atom. The van der Waals surface area contributed by atoms with Gasteiger partial charge >= 0.3 is 0 Å². The second-order valence-electron chi connectivity index (χ2n) is 5.24. The molecule has 1 unspecified atom stereocenters. The van der Waals surface area contributed by atoms with Crippen LogP contribution in [-0.4, -0.2) is 0 Å². The van der Waals surface area contributed by atoms with E-state index in [0.717, 1.165) is 6.42 Å². The molecule has 0 aliphatic heterocycles. The highest BCUT2D eigenvalue weighted by Crippen LogP contribution is 2.33. The molecular formula is C16H19ClS. The summed E-state index contributed by atoms with van der Waals surface area (Å²) in [6.07, 6.45) is 1.14. The molecule has 2 heteroatoms. The molecule has 0 saturated heterocycles. The average Bonchev–Trinajstić information content (AvgIpc) is 2.92. The highest BCUT2D eigenvalue weighted by Gasteiger charge is 2.18. The normalized spacial score (nSPS) is 13.6. The summed E-state index contributed by atoms with van der Waals surface area (Å²) < 4.78 is 0. The number of thiophene rings is 1. The largest absolute Gasteiger partial charge is 0.147 e. The molecule has 2 rings (SSSR count). The van der Waals surface area contributed by atoms with Gasteiger partial charge in [-0.3, -0.25) is 0 Å². The van der Waals surface area contributed by atoms with Crippen molar-refractivity contribution in [1.29, 1.82) is 0 Å². The third-order valence-electron chi connectivity index (χ3n) is 3.66. The van der Waals surface area contributed by atoms with E-state index in [2.05, 4.69) is 56.5 Å². The SMILES string of the molecule is CCC(C)(C)c1ccc(C(Cl)c2cccs2)cc1. The smallest absolute Gasteiger partial charge is 0.0927 e. The molecule has 0 saturated carbocycles. The second-order valence-corrected chi connectivity index (χ2v) is 6.65. The van der Waals surface area contributed by atoms with E-state index in [1.54, 1.807) is 11.3 Å². The molecule has 0 aliphatic rings. The van der Waals surface area contributed by atoms with E-state index >= 15 is 0 Å². The summed E-state index contributed by atoms with van der Waals surface area (Å²) in [6.45, 7) is 6.78. The Morgan fingerprint density at radius 1 is 1.17 bits per heavy atom. The first-order valence-corrected chi connectivity index (χ1v) is 7.64. The predicted octanol–water partition coefficient (Wildman–Crippen LogP) is 5.76. The predicted molar refractivity (Wildman–Crippen MR) is 81.8 cm³/mol. The maximum Gasteiger partial charge on any atom is 0.0927 e. The van der Waals surface area contributed by atoms with Crippen LogP contribution in [0.3, 0.4) is 0 Å². The summed E-state index contributed by atoms with van der Waals surface area (Å²) in [6, 6.07) is 12.9. The lowest BCUT2D eigenvalue weighted by Crippen LogP contribution is -2.15. The number of rotatable bonds is 4. The van der Waals surface area contributed by atoms with Crippen LogP contribution in [0.4, 0.5) is 0 Å². The molecule has 2 aromatic rings. The minimum absolute atomic E-state index is 0.0243. The topological polar surface area (TPSA) is 0 Å². The number of halogens is 1. The molecule has 0 aliphatic carbocycles. The van der Waals surface area contributed by atoms with Crippen LogP contribution in [0.2, 0.25) is 0 Å². The van der Waals surface area contributed by atoms with Crippen LogP contribution in [0.1, 0.15) is 48.6 Å². The summed E-state index contributed by atoms with van der Waals surface area (Å²) >= 11 is 8.19. The van der Waals surface area contributed by atoms with Crippen molar-refractivity contribution in [3.8, 4) is 0 Å². The Balaban J connectivity index is 2.23. The van der Waals surface area contributed by atoms with Gasteiger partial charge in [-0.1, -0.05) is 51.1 Å². The quantitative estimate of drug-likeness (QED) is 0.623. The highest BCUT2D eigenvalue weighted by molar-refractivity contribution is 7.10. The van der Waals surface area contributed by atoms with Gasteiger partial charge in [-0.2, -0.15) is 0 Å². The maximum absolute atomic E-state index is 6.48. The van der Waals surface area contributed by atoms with Crippen LogP contribution in [-0.2, 0) is 5.41 Å². The highest BCUT2D eigenvalue weighted by atomic mass is 35.5. The van der Waals surface area contributed by atoms with Crippen LogP contribution in [0.25, 0.3) is 0 Å². The molecule has 0 spiro atoms. The summed E-state index contributed by atoms with van der Waals surface area (Å²) in [7, 11) is 0. The molecule has 96 valence electrons. The van der Waals surface area contributed by atoms with Gasteiger partial charge in [0.1, 0.15) is 0 Å². The van der Waals surface area contributed by atoms with Crippen LogP contribution in [0, 0.1) is 0 Å². The first-order valence-electron chi connectivity index (χ1n) is 6.32. The van der Waals surface area contributed by atoms with Crippen LogP contribution >= 0.6 is 22.9 Å². The Bertz CT molecular complexity index is 482. The first-order chi connectivity index (χ1) is 8.54. The van der Waals surface area contributed by atoms with Crippen molar-refractivity contribution in [3.63, 3.8) is 0 Å². The first kappa shape index (κ1) is 13.6. The van der Waals surface area contributed by atoms with E-state index in [0.29, 0.717) is 0 Å². The van der Waals surface area contributed by atoms with Crippen molar-refractivity contribution in [3.05, 3.63) is 57.8 Å². The monoisotopic (exact) mass is 278 g/mol. The molecule has 1 aromatic heterocycles. The fourth-order valence-corrected chi connectivity index (χ4v) is 3.01. The zero-order valence-electron chi connectivity index (χ0n) is 11.1. The van der Waals surface area contributed by atoms with Crippen molar-refractivity contribution in [2.75, 3.05) is 0 Å². The van der Waals surface area contributed by atoms with E-state index < -0.39 is 0 Å². The molecule has 1 heterocycles. The van der Waals surface area contributed by atoms with Crippen molar-refractivity contribution >= 4 is 22.9 Å². The van der Waals surface area contributed by atoms with Gasteiger partial charge in [0.25, 0.3) is 0 Å². The third kappa shape index (κ3) is 2.78. The molecule has 0 radical (unpaired) electrons. The van der Waals surface area contributed by atoms with Gasteiger partial charge in [0, 0.05) is 4.88 Å².